The molecular weight excluding hydrogens is 422 g/mol. The zero-order valence-corrected chi connectivity index (χ0v) is 18.2. The number of fused-ring (bicyclic) bond motifs is 1. The molecule has 4 aromatic rings. The number of nitrogens with zero attached hydrogens (tertiary/aromatic N) is 3. The van der Waals surface area contributed by atoms with E-state index in [1.54, 1.807) is 42.3 Å². The van der Waals surface area contributed by atoms with Gasteiger partial charge in [0.05, 0.1) is 17.7 Å². The first-order valence-electron chi connectivity index (χ1n) is 9.10. The van der Waals surface area contributed by atoms with Gasteiger partial charge in [0, 0.05) is 36.1 Å². The lowest BCUT2D eigenvalue weighted by atomic mass is 9.93. The van der Waals surface area contributed by atoms with Gasteiger partial charge in [-0.3, -0.25) is 9.79 Å². The summed E-state index contributed by atoms with van der Waals surface area (Å²) in [6.07, 6.45) is 4.29. The summed E-state index contributed by atoms with van der Waals surface area (Å²) >= 11 is 4.71. The number of carbonyl (C=O) groups excluding carboxylic acids is 1. The summed E-state index contributed by atoms with van der Waals surface area (Å²) in [5, 5.41) is 5.90. The van der Waals surface area contributed by atoms with E-state index in [1.807, 2.05) is 35.0 Å². The third-order valence-corrected chi connectivity index (χ3v) is 7.33. The van der Waals surface area contributed by atoms with Crippen molar-refractivity contribution in [2.75, 3.05) is 12.8 Å². The Labute approximate surface area is 180 Å². The van der Waals surface area contributed by atoms with Gasteiger partial charge in [0.15, 0.2) is 0 Å². The standard InChI is InChI=1S/C21H19N3O2S3/c1-22-17(19-5-3-8-27-19)11-14(18-4-2-7-26-18)10-15(25)12-29-21-16-6-9-28-20(16)23-13-24-21/h2-9,13-14H,10-12H2,1H3/b22-17+. The Morgan fingerprint density at radius 3 is 2.86 bits per heavy atom. The number of aliphatic imine (C=N–C) groups is 1. The largest absolute Gasteiger partial charge is 0.469 e. The number of furan rings is 1. The molecule has 4 heterocycles. The summed E-state index contributed by atoms with van der Waals surface area (Å²) in [7, 11) is 1.80. The van der Waals surface area contributed by atoms with Crippen LogP contribution in [0, 0.1) is 0 Å². The van der Waals surface area contributed by atoms with Gasteiger partial charge >= 0.3 is 0 Å². The van der Waals surface area contributed by atoms with Crippen LogP contribution in [0.2, 0.25) is 0 Å². The molecule has 1 unspecified atom stereocenters. The van der Waals surface area contributed by atoms with E-state index in [0.29, 0.717) is 18.6 Å². The van der Waals surface area contributed by atoms with E-state index in [4.69, 9.17) is 4.42 Å². The van der Waals surface area contributed by atoms with Crippen molar-refractivity contribution < 1.29 is 9.21 Å². The molecule has 8 heteroatoms. The molecule has 4 rings (SSSR count). The predicted molar refractivity (Wildman–Crippen MR) is 121 cm³/mol. The summed E-state index contributed by atoms with van der Waals surface area (Å²) in [5.74, 6) is 1.32. The lowest BCUT2D eigenvalue weighted by Gasteiger charge is -2.15. The fourth-order valence-corrected chi connectivity index (χ4v) is 5.57. The second-order valence-corrected chi connectivity index (χ2v) is 9.22. The molecule has 0 aliphatic carbocycles. The number of ketones is 1. The highest BCUT2D eigenvalue weighted by molar-refractivity contribution is 8.00. The first-order chi connectivity index (χ1) is 14.2. The molecule has 1 atom stereocenters. The molecule has 0 saturated carbocycles. The van der Waals surface area contributed by atoms with Crippen molar-refractivity contribution in [3.8, 4) is 0 Å². The second kappa shape index (κ2) is 9.47. The topological polar surface area (TPSA) is 68.3 Å². The van der Waals surface area contributed by atoms with Crippen molar-refractivity contribution >= 4 is 56.1 Å². The molecule has 148 valence electrons. The highest BCUT2D eigenvalue weighted by Gasteiger charge is 2.22. The molecular formula is C21H19N3O2S3. The van der Waals surface area contributed by atoms with Gasteiger partial charge < -0.3 is 4.42 Å². The van der Waals surface area contributed by atoms with Crippen LogP contribution >= 0.6 is 34.4 Å². The number of Topliss-reactive ketones (excluding diaryl/α,β-unsaturated/α-hetero) is 1. The van der Waals surface area contributed by atoms with Crippen LogP contribution in [0.1, 0.15) is 29.4 Å². The first kappa shape index (κ1) is 20.0. The fraction of sp³-hybridized carbons (Fsp3) is 0.238. The van der Waals surface area contributed by atoms with Crippen LogP contribution in [-0.4, -0.2) is 34.3 Å². The van der Waals surface area contributed by atoms with E-state index in [1.165, 1.54) is 11.8 Å². The normalized spacial score (nSPS) is 13.1. The average molecular weight is 442 g/mol. The van der Waals surface area contributed by atoms with Crippen molar-refractivity contribution in [3.63, 3.8) is 0 Å². The highest BCUT2D eigenvalue weighted by Crippen LogP contribution is 2.31. The van der Waals surface area contributed by atoms with Crippen LogP contribution in [0.4, 0.5) is 0 Å². The van der Waals surface area contributed by atoms with Gasteiger partial charge in [0.25, 0.3) is 0 Å². The smallest absolute Gasteiger partial charge is 0.143 e. The lowest BCUT2D eigenvalue weighted by molar-refractivity contribution is -0.117. The number of hydrogen-bond donors (Lipinski definition) is 0. The zero-order valence-electron chi connectivity index (χ0n) is 15.8. The molecule has 5 nitrogen and oxygen atoms in total. The van der Waals surface area contributed by atoms with Gasteiger partial charge in [-0.15, -0.1) is 22.7 Å². The van der Waals surface area contributed by atoms with E-state index in [2.05, 4.69) is 21.0 Å². The van der Waals surface area contributed by atoms with Crippen LogP contribution in [0.25, 0.3) is 10.2 Å². The van der Waals surface area contributed by atoms with Gasteiger partial charge in [-0.1, -0.05) is 17.8 Å². The predicted octanol–water partition coefficient (Wildman–Crippen LogP) is 5.69. The van der Waals surface area contributed by atoms with E-state index in [0.717, 1.165) is 31.6 Å². The molecule has 0 bridgehead atoms. The Kier molecular flexibility index (Phi) is 6.53. The number of hydrogen-bond acceptors (Lipinski definition) is 8. The van der Waals surface area contributed by atoms with Crippen molar-refractivity contribution in [2.24, 2.45) is 4.99 Å². The zero-order chi connectivity index (χ0) is 20.1. The van der Waals surface area contributed by atoms with Crippen LogP contribution in [0.5, 0.6) is 0 Å². The molecule has 0 spiro atoms. The van der Waals surface area contributed by atoms with Gasteiger partial charge in [0.2, 0.25) is 0 Å². The highest BCUT2D eigenvalue weighted by atomic mass is 32.2. The molecule has 0 amide bonds. The van der Waals surface area contributed by atoms with Crippen LogP contribution in [0.3, 0.4) is 0 Å². The quantitative estimate of drug-likeness (QED) is 0.190. The molecule has 4 aromatic heterocycles. The van der Waals surface area contributed by atoms with Crippen molar-refractivity contribution in [3.05, 3.63) is 64.3 Å². The van der Waals surface area contributed by atoms with Gasteiger partial charge in [-0.2, -0.15) is 0 Å². The Morgan fingerprint density at radius 2 is 2.10 bits per heavy atom. The summed E-state index contributed by atoms with van der Waals surface area (Å²) in [6.45, 7) is 0. The average Bonchev–Trinajstić information content (AvgIpc) is 3.50. The van der Waals surface area contributed by atoms with Crippen molar-refractivity contribution in [2.45, 2.75) is 23.8 Å². The number of thioether (sulfide) groups is 1. The van der Waals surface area contributed by atoms with E-state index in [-0.39, 0.29) is 11.7 Å². The number of thiophene rings is 2. The van der Waals surface area contributed by atoms with Crippen LogP contribution < -0.4 is 0 Å². The Morgan fingerprint density at radius 1 is 1.17 bits per heavy atom. The summed E-state index contributed by atoms with van der Waals surface area (Å²) in [6, 6.07) is 9.88. The van der Waals surface area contributed by atoms with Crippen molar-refractivity contribution in [1.29, 1.82) is 0 Å². The maximum Gasteiger partial charge on any atom is 0.143 e. The van der Waals surface area contributed by atoms with Crippen molar-refractivity contribution in [1.82, 2.24) is 9.97 Å². The minimum absolute atomic E-state index is 0.0366. The molecule has 0 aromatic carbocycles. The third-order valence-electron chi connectivity index (χ3n) is 4.53. The third kappa shape index (κ3) is 4.83. The maximum absolute atomic E-state index is 12.8. The monoisotopic (exact) mass is 441 g/mol. The Balaban J connectivity index is 1.44. The minimum atomic E-state index is -0.0366. The number of aromatic nitrogens is 2. The van der Waals surface area contributed by atoms with Gasteiger partial charge in [-0.05, 0) is 35.0 Å². The molecule has 0 fully saturated rings. The maximum atomic E-state index is 12.8. The molecule has 29 heavy (non-hydrogen) atoms. The van der Waals surface area contributed by atoms with E-state index in [9.17, 15) is 4.79 Å². The second-order valence-electron chi connectivity index (χ2n) is 6.41. The Hall–Kier alpha value is -2.29. The Bertz CT molecular complexity index is 1100. The van der Waals surface area contributed by atoms with Gasteiger partial charge in [0.1, 0.15) is 27.7 Å². The first-order valence-corrected chi connectivity index (χ1v) is 11.8. The summed E-state index contributed by atoms with van der Waals surface area (Å²) < 4.78 is 5.64. The molecule has 0 N–H and O–H groups in total. The molecule has 0 radical (unpaired) electrons. The summed E-state index contributed by atoms with van der Waals surface area (Å²) in [4.78, 5) is 28.0. The number of rotatable bonds is 9. The van der Waals surface area contributed by atoms with Crippen LogP contribution in [-0.2, 0) is 4.79 Å². The molecule has 0 aliphatic heterocycles. The van der Waals surface area contributed by atoms with Crippen LogP contribution in [0.15, 0.2) is 68.1 Å². The van der Waals surface area contributed by atoms with Gasteiger partial charge in [-0.25, -0.2) is 9.97 Å². The lowest BCUT2D eigenvalue weighted by Crippen LogP contribution is -2.13. The van der Waals surface area contributed by atoms with E-state index < -0.39 is 0 Å². The fourth-order valence-electron chi connectivity index (χ4n) is 3.14. The number of carbonyl (C=O) groups is 1. The molecule has 0 aliphatic rings. The summed E-state index contributed by atoms with van der Waals surface area (Å²) in [5.41, 5.74) is 0.998. The van der Waals surface area contributed by atoms with E-state index >= 15 is 0 Å². The molecule has 0 saturated heterocycles. The SMILES string of the molecule is C/N=C(\CC(CC(=O)CSc1ncnc2sccc12)c1ccco1)c1cccs1. The minimum Gasteiger partial charge on any atom is -0.469 e.